The monoisotopic (exact) mass is 497 g/mol. The summed E-state index contributed by atoms with van der Waals surface area (Å²) in [6.45, 7) is 7.19. The molecule has 0 saturated carbocycles. The summed E-state index contributed by atoms with van der Waals surface area (Å²) in [6, 6.07) is 23.4. The summed E-state index contributed by atoms with van der Waals surface area (Å²) < 4.78 is 17.0. The number of aromatic nitrogens is 1. The van der Waals surface area contributed by atoms with E-state index in [9.17, 15) is 4.79 Å². The minimum Gasteiger partial charge on any atom is -0.497 e. The van der Waals surface area contributed by atoms with E-state index in [2.05, 4.69) is 22.0 Å². The number of hydrogen-bond donors (Lipinski definition) is 0. The van der Waals surface area contributed by atoms with Gasteiger partial charge < -0.3 is 23.7 Å². The number of piperazine rings is 1. The zero-order valence-electron chi connectivity index (χ0n) is 21.4. The van der Waals surface area contributed by atoms with Crippen LogP contribution in [0.2, 0.25) is 0 Å². The van der Waals surface area contributed by atoms with Crippen LogP contribution in [0.4, 0.5) is 5.69 Å². The third-order valence-corrected chi connectivity index (χ3v) is 6.67. The summed E-state index contributed by atoms with van der Waals surface area (Å²) in [6.07, 6.45) is 0. The standard InChI is InChI=1S/C30H31N3O4/c1-21-4-12-27(13-5-21)36-20-28-22(2)37-29(31-28)23-6-8-24(9-7-23)30(34)33-18-16-32(17-19-33)25-10-14-26(35-3)15-11-25/h4-15H,16-20H2,1-3H3. The number of hydrogen-bond acceptors (Lipinski definition) is 6. The molecule has 1 aliphatic heterocycles. The molecule has 1 amide bonds. The minimum atomic E-state index is 0.0386. The quantitative estimate of drug-likeness (QED) is 0.336. The number of nitrogens with zero attached hydrogens (tertiary/aromatic N) is 3. The Morgan fingerprint density at radius 2 is 1.51 bits per heavy atom. The van der Waals surface area contributed by atoms with Gasteiger partial charge in [0.15, 0.2) is 0 Å². The van der Waals surface area contributed by atoms with Gasteiger partial charge in [-0.1, -0.05) is 17.7 Å². The fraction of sp³-hybridized carbons (Fsp3) is 0.267. The Balaban J connectivity index is 1.18. The second kappa shape index (κ2) is 10.8. The van der Waals surface area contributed by atoms with Crippen molar-refractivity contribution in [2.75, 3.05) is 38.2 Å². The molecule has 0 spiro atoms. The van der Waals surface area contributed by atoms with Crippen LogP contribution in [0.25, 0.3) is 11.5 Å². The molecule has 1 aliphatic rings. The number of benzene rings is 3. The number of oxazole rings is 1. The molecule has 190 valence electrons. The zero-order chi connectivity index (χ0) is 25.8. The molecule has 2 heterocycles. The lowest BCUT2D eigenvalue weighted by atomic mass is 10.1. The molecule has 1 aromatic heterocycles. The number of carbonyl (C=O) groups is 1. The van der Waals surface area contributed by atoms with E-state index in [4.69, 9.17) is 13.9 Å². The molecular weight excluding hydrogens is 466 g/mol. The van der Waals surface area contributed by atoms with Crippen LogP contribution in [0.3, 0.4) is 0 Å². The molecule has 3 aromatic carbocycles. The first-order valence-electron chi connectivity index (χ1n) is 12.4. The summed E-state index contributed by atoms with van der Waals surface area (Å²) >= 11 is 0. The van der Waals surface area contributed by atoms with E-state index in [1.54, 1.807) is 7.11 Å². The van der Waals surface area contributed by atoms with E-state index in [0.29, 0.717) is 31.2 Å². The summed E-state index contributed by atoms with van der Waals surface area (Å²) in [7, 11) is 1.66. The topological polar surface area (TPSA) is 68.0 Å². The van der Waals surface area contributed by atoms with Crippen molar-refractivity contribution in [2.24, 2.45) is 0 Å². The Morgan fingerprint density at radius 1 is 0.865 bits per heavy atom. The number of carbonyl (C=O) groups excluding carboxylic acids is 1. The van der Waals surface area contributed by atoms with E-state index < -0.39 is 0 Å². The van der Waals surface area contributed by atoms with Crippen molar-refractivity contribution in [3.8, 4) is 23.0 Å². The highest BCUT2D eigenvalue weighted by Crippen LogP contribution is 2.25. The van der Waals surface area contributed by atoms with Crippen LogP contribution in [-0.4, -0.2) is 49.1 Å². The molecular formula is C30H31N3O4. The van der Waals surface area contributed by atoms with Crippen LogP contribution in [-0.2, 0) is 6.61 Å². The van der Waals surface area contributed by atoms with E-state index >= 15 is 0 Å². The molecule has 0 radical (unpaired) electrons. The molecule has 1 saturated heterocycles. The smallest absolute Gasteiger partial charge is 0.253 e. The molecule has 0 atom stereocenters. The van der Waals surface area contributed by atoms with Crippen molar-refractivity contribution >= 4 is 11.6 Å². The molecule has 5 rings (SSSR count). The van der Waals surface area contributed by atoms with Crippen molar-refractivity contribution in [1.29, 1.82) is 0 Å². The van der Waals surface area contributed by atoms with Gasteiger partial charge in [0.05, 0.1) is 7.11 Å². The van der Waals surface area contributed by atoms with Crippen LogP contribution in [0, 0.1) is 13.8 Å². The number of aryl methyl sites for hydroxylation is 2. The van der Waals surface area contributed by atoms with Crippen LogP contribution in [0.5, 0.6) is 11.5 Å². The SMILES string of the molecule is COc1ccc(N2CCN(C(=O)c3ccc(-c4nc(COc5ccc(C)cc5)c(C)o4)cc3)CC2)cc1. The largest absolute Gasteiger partial charge is 0.497 e. The summed E-state index contributed by atoms with van der Waals surface area (Å²) in [5, 5.41) is 0. The van der Waals surface area contributed by atoms with Gasteiger partial charge in [-0.25, -0.2) is 4.98 Å². The van der Waals surface area contributed by atoms with Crippen molar-refractivity contribution in [3.05, 3.63) is 95.4 Å². The second-order valence-corrected chi connectivity index (χ2v) is 9.18. The van der Waals surface area contributed by atoms with Crippen molar-refractivity contribution < 1.29 is 18.7 Å². The maximum Gasteiger partial charge on any atom is 0.253 e. The molecule has 37 heavy (non-hydrogen) atoms. The lowest BCUT2D eigenvalue weighted by molar-refractivity contribution is 0.0747. The Morgan fingerprint density at radius 3 is 2.16 bits per heavy atom. The molecule has 7 nitrogen and oxygen atoms in total. The van der Waals surface area contributed by atoms with E-state index in [1.807, 2.05) is 79.4 Å². The first-order valence-corrected chi connectivity index (χ1v) is 12.4. The van der Waals surface area contributed by atoms with Gasteiger partial charge in [-0.2, -0.15) is 0 Å². The Hall–Kier alpha value is -4.26. The first kappa shape index (κ1) is 24.4. The number of rotatable bonds is 7. The number of methoxy groups -OCH3 is 1. The fourth-order valence-corrected chi connectivity index (χ4v) is 4.37. The van der Waals surface area contributed by atoms with Gasteiger partial charge in [0.1, 0.15) is 29.6 Å². The molecule has 0 N–H and O–H groups in total. The van der Waals surface area contributed by atoms with Crippen LogP contribution < -0.4 is 14.4 Å². The average Bonchev–Trinajstić information content (AvgIpc) is 3.33. The number of amides is 1. The van der Waals surface area contributed by atoms with Crippen LogP contribution >= 0.6 is 0 Å². The summed E-state index contributed by atoms with van der Waals surface area (Å²) in [5.41, 5.74) is 4.57. The van der Waals surface area contributed by atoms with Gasteiger partial charge in [0.25, 0.3) is 5.91 Å². The van der Waals surface area contributed by atoms with Crippen LogP contribution in [0.1, 0.15) is 27.4 Å². The molecule has 1 fully saturated rings. The van der Waals surface area contributed by atoms with Gasteiger partial charge in [-0.3, -0.25) is 4.79 Å². The van der Waals surface area contributed by atoms with Gasteiger partial charge in [0, 0.05) is 43.0 Å². The highest BCUT2D eigenvalue weighted by Gasteiger charge is 2.23. The highest BCUT2D eigenvalue weighted by molar-refractivity contribution is 5.94. The van der Waals surface area contributed by atoms with E-state index in [1.165, 1.54) is 5.56 Å². The predicted octanol–water partition coefficient (Wildman–Crippen LogP) is 5.51. The van der Waals surface area contributed by atoms with Gasteiger partial charge >= 0.3 is 0 Å². The minimum absolute atomic E-state index is 0.0386. The maximum absolute atomic E-state index is 13.1. The lowest BCUT2D eigenvalue weighted by Gasteiger charge is -2.36. The van der Waals surface area contributed by atoms with Crippen LogP contribution in [0.15, 0.2) is 77.2 Å². The third kappa shape index (κ3) is 5.61. The third-order valence-electron chi connectivity index (χ3n) is 6.67. The van der Waals surface area contributed by atoms with Crippen molar-refractivity contribution in [3.63, 3.8) is 0 Å². The lowest BCUT2D eigenvalue weighted by Crippen LogP contribution is -2.48. The number of anilines is 1. The first-order chi connectivity index (χ1) is 18.0. The van der Waals surface area contributed by atoms with Gasteiger partial charge in [0.2, 0.25) is 5.89 Å². The fourth-order valence-electron chi connectivity index (χ4n) is 4.37. The molecule has 0 unspecified atom stereocenters. The molecule has 7 heteroatoms. The number of ether oxygens (including phenoxy) is 2. The van der Waals surface area contributed by atoms with Gasteiger partial charge in [-0.15, -0.1) is 0 Å². The summed E-state index contributed by atoms with van der Waals surface area (Å²) in [4.78, 5) is 21.9. The Kier molecular flexibility index (Phi) is 7.12. The van der Waals surface area contributed by atoms with Gasteiger partial charge in [-0.05, 0) is 74.5 Å². The normalized spacial score (nSPS) is 13.5. The van der Waals surface area contributed by atoms with Crippen molar-refractivity contribution in [1.82, 2.24) is 9.88 Å². The highest BCUT2D eigenvalue weighted by atomic mass is 16.5. The van der Waals surface area contributed by atoms with E-state index in [0.717, 1.165) is 47.3 Å². The summed E-state index contributed by atoms with van der Waals surface area (Å²) in [5.74, 6) is 2.91. The van der Waals surface area contributed by atoms with E-state index in [-0.39, 0.29) is 5.91 Å². The maximum atomic E-state index is 13.1. The molecule has 0 aliphatic carbocycles. The zero-order valence-corrected chi connectivity index (χ0v) is 21.4. The Bertz CT molecular complexity index is 1340. The molecule has 0 bridgehead atoms. The Labute approximate surface area is 217 Å². The molecule has 4 aromatic rings. The second-order valence-electron chi connectivity index (χ2n) is 9.18. The van der Waals surface area contributed by atoms with Crippen molar-refractivity contribution in [2.45, 2.75) is 20.5 Å². The predicted molar refractivity (Wildman–Crippen MR) is 143 cm³/mol. The average molecular weight is 498 g/mol.